The number of carbonyl (C=O) groups excluding carboxylic acids is 2. The highest BCUT2D eigenvalue weighted by molar-refractivity contribution is 8.01. The van der Waals surface area contributed by atoms with Crippen LogP contribution in [0.5, 0.6) is 0 Å². The largest absolute Gasteiger partial charge is 0.453 e. The second-order valence-electron chi connectivity index (χ2n) is 9.09. The van der Waals surface area contributed by atoms with E-state index >= 15 is 0 Å². The number of hydrogen-bond acceptors (Lipinski definition) is 10. The first-order valence-electron chi connectivity index (χ1n) is 12.2. The predicted molar refractivity (Wildman–Crippen MR) is 145 cm³/mol. The van der Waals surface area contributed by atoms with E-state index in [4.69, 9.17) is 14.2 Å². The molecule has 0 bridgehead atoms. The molecule has 1 aromatic heterocycles. The first kappa shape index (κ1) is 28.2. The molecule has 202 valence electrons. The molecular formula is C27H31N3O6S2. The molecule has 1 aliphatic heterocycles. The number of rotatable bonds is 9. The fourth-order valence-electron chi connectivity index (χ4n) is 4.11. The highest BCUT2D eigenvalue weighted by Gasteiger charge is 2.38. The molecule has 1 aliphatic rings. The average Bonchev–Trinajstić information content (AvgIpc) is 3.32. The van der Waals surface area contributed by atoms with Crippen LogP contribution in [0.25, 0.3) is 0 Å². The Hall–Kier alpha value is -2.83. The molecule has 38 heavy (non-hydrogen) atoms. The summed E-state index contributed by atoms with van der Waals surface area (Å²) in [5, 5.41) is 21.5. The van der Waals surface area contributed by atoms with Gasteiger partial charge in [-0.1, -0.05) is 66.4 Å². The van der Waals surface area contributed by atoms with Crippen LogP contribution in [0.2, 0.25) is 0 Å². The summed E-state index contributed by atoms with van der Waals surface area (Å²) in [7, 11) is 0. The Morgan fingerprint density at radius 1 is 1.16 bits per heavy atom. The van der Waals surface area contributed by atoms with E-state index < -0.39 is 24.3 Å². The number of nitrogens with zero attached hydrogens (tertiary/aromatic N) is 2. The third-order valence-electron chi connectivity index (χ3n) is 6.14. The van der Waals surface area contributed by atoms with Crippen molar-refractivity contribution in [2.75, 3.05) is 11.1 Å². The van der Waals surface area contributed by atoms with E-state index in [1.165, 1.54) is 13.8 Å². The third kappa shape index (κ3) is 7.17. The molecule has 2 heterocycles. The summed E-state index contributed by atoms with van der Waals surface area (Å²) in [5.74, 6) is -0.262. The first-order valence-corrected chi connectivity index (χ1v) is 14.0. The summed E-state index contributed by atoms with van der Waals surface area (Å²) in [5.41, 5.74) is 3.10. The lowest BCUT2D eigenvalue weighted by Crippen LogP contribution is -2.38. The lowest BCUT2D eigenvalue weighted by molar-refractivity contribution is -0.268. The van der Waals surface area contributed by atoms with Crippen molar-refractivity contribution < 1.29 is 28.9 Å². The van der Waals surface area contributed by atoms with Crippen LogP contribution < -0.4 is 5.32 Å². The molecular weight excluding hydrogens is 526 g/mol. The van der Waals surface area contributed by atoms with E-state index in [1.807, 2.05) is 43.3 Å². The van der Waals surface area contributed by atoms with Crippen molar-refractivity contribution in [2.45, 2.75) is 63.2 Å². The second kappa shape index (κ2) is 12.8. The van der Waals surface area contributed by atoms with Crippen LogP contribution in [0.1, 0.15) is 54.9 Å². The standard InChI is InChI=1S/C27H31N3O6S2/c1-15-23(14-37-27-30-29-17(3)38-27)35-26(36-24(15)20-10-8-19(13-31)9-11-20)21-6-5-7-22(12-21)28-25(33)16(2)34-18(4)32/h5-12,15-16,23-24,26,31H,13-14H2,1-4H3,(H,28,33)/t15-,16-,23+,24+,26+/m0/s1. The Morgan fingerprint density at radius 2 is 1.92 bits per heavy atom. The molecule has 9 nitrogen and oxygen atoms in total. The first-order chi connectivity index (χ1) is 18.2. The number of hydrogen-bond donors (Lipinski definition) is 2. The van der Waals surface area contributed by atoms with E-state index in [0.29, 0.717) is 11.4 Å². The SMILES string of the molecule is CC(=O)O[C@@H](C)C(=O)Nc1cccc([C@@H]2O[C@H](CSc3nnc(C)s3)[C@H](C)[C@H](c3ccc(CO)cc3)O2)c1. The molecule has 1 fully saturated rings. The molecule has 2 aromatic carbocycles. The third-order valence-corrected chi connectivity index (χ3v) is 8.20. The molecule has 1 amide bonds. The number of ether oxygens (including phenoxy) is 3. The van der Waals surface area contributed by atoms with Gasteiger partial charge < -0.3 is 24.6 Å². The van der Waals surface area contributed by atoms with Crippen LogP contribution in [0.4, 0.5) is 5.69 Å². The summed E-state index contributed by atoms with van der Waals surface area (Å²) >= 11 is 3.15. The minimum absolute atomic E-state index is 0.0256. The number of aromatic nitrogens is 2. The van der Waals surface area contributed by atoms with Crippen molar-refractivity contribution in [1.29, 1.82) is 0 Å². The minimum atomic E-state index is -0.921. The predicted octanol–water partition coefficient (Wildman–Crippen LogP) is 4.81. The Bertz CT molecular complexity index is 1250. The summed E-state index contributed by atoms with van der Waals surface area (Å²) < 4.78 is 18.8. The molecule has 5 atom stereocenters. The van der Waals surface area contributed by atoms with Crippen LogP contribution in [-0.4, -0.2) is 45.1 Å². The summed E-state index contributed by atoms with van der Waals surface area (Å²) in [6.07, 6.45) is -2.02. The maximum Gasteiger partial charge on any atom is 0.303 e. The lowest BCUT2D eigenvalue weighted by Gasteiger charge is -2.41. The highest BCUT2D eigenvalue weighted by Crippen LogP contribution is 2.43. The minimum Gasteiger partial charge on any atom is -0.453 e. The molecule has 11 heteroatoms. The molecule has 3 aromatic rings. The number of aryl methyl sites for hydroxylation is 1. The Morgan fingerprint density at radius 3 is 2.58 bits per heavy atom. The van der Waals surface area contributed by atoms with Crippen molar-refractivity contribution in [3.05, 3.63) is 70.2 Å². The number of amides is 1. The number of thioether (sulfide) groups is 1. The van der Waals surface area contributed by atoms with Gasteiger partial charge in [0.1, 0.15) is 5.01 Å². The van der Waals surface area contributed by atoms with Gasteiger partial charge in [-0.25, -0.2) is 0 Å². The van der Waals surface area contributed by atoms with Gasteiger partial charge in [0, 0.05) is 29.8 Å². The number of anilines is 1. The Kier molecular flexibility index (Phi) is 9.50. The van der Waals surface area contributed by atoms with Crippen molar-refractivity contribution >= 4 is 40.7 Å². The zero-order chi connectivity index (χ0) is 27.2. The van der Waals surface area contributed by atoms with Gasteiger partial charge in [0.15, 0.2) is 16.7 Å². The van der Waals surface area contributed by atoms with Gasteiger partial charge in [-0.3, -0.25) is 9.59 Å². The van der Waals surface area contributed by atoms with Gasteiger partial charge in [0.25, 0.3) is 5.91 Å². The summed E-state index contributed by atoms with van der Waals surface area (Å²) in [6, 6.07) is 15.0. The van der Waals surface area contributed by atoms with Crippen LogP contribution in [0.15, 0.2) is 52.9 Å². The van der Waals surface area contributed by atoms with Crippen LogP contribution in [-0.2, 0) is 30.4 Å². The van der Waals surface area contributed by atoms with Crippen molar-refractivity contribution in [3.8, 4) is 0 Å². The number of nitrogens with one attached hydrogen (secondary N) is 1. The van der Waals surface area contributed by atoms with Crippen LogP contribution in [0.3, 0.4) is 0 Å². The fourth-order valence-corrected chi connectivity index (χ4v) is 6.11. The zero-order valence-electron chi connectivity index (χ0n) is 21.6. The Balaban J connectivity index is 1.55. The van der Waals surface area contributed by atoms with Gasteiger partial charge in [0.2, 0.25) is 0 Å². The normalized spacial score (nSPS) is 22.0. The van der Waals surface area contributed by atoms with Crippen LogP contribution >= 0.6 is 23.1 Å². The van der Waals surface area contributed by atoms with Gasteiger partial charge >= 0.3 is 5.97 Å². The highest BCUT2D eigenvalue weighted by atomic mass is 32.2. The Labute approximate surface area is 229 Å². The number of carbonyl (C=O) groups is 2. The van der Waals surface area contributed by atoms with Gasteiger partial charge in [0.05, 0.1) is 18.8 Å². The van der Waals surface area contributed by atoms with Crippen molar-refractivity contribution in [1.82, 2.24) is 10.2 Å². The van der Waals surface area contributed by atoms with Crippen molar-refractivity contribution in [3.63, 3.8) is 0 Å². The fraction of sp³-hybridized carbons (Fsp3) is 0.407. The quantitative estimate of drug-likeness (QED) is 0.282. The molecule has 0 unspecified atom stereocenters. The number of benzene rings is 2. The zero-order valence-corrected chi connectivity index (χ0v) is 23.3. The molecule has 1 saturated heterocycles. The second-order valence-corrected chi connectivity index (χ2v) is 11.5. The van der Waals surface area contributed by atoms with Crippen LogP contribution in [0, 0.1) is 12.8 Å². The van der Waals surface area contributed by atoms with Gasteiger partial charge in [-0.05, 0) is 37.1 Å². The van der Waals surface area contributed by atoms with E-state index in [2.05, 4.69) is 22.4 Å². The summed E-state index contributed by atoms with van der Waals surface area (Å²) in [6.45, 7) is 6.78. The molecule has 4 rings (SSSR count). The molecule has 0 spiro atoms. The molecule has 0 saturated carbocycles. The lowest BCUT2D eigenvalue weighted by atomic mass is 9.91. The van der Waals surface area contributed by atoms with E-state index in [-0.39, 0.29) is 24.7 Å². The number of aliphatic hydroxyl groups is 1. The topological polar surface area (TPSA) is 120 Å². The van der Waals surface area contributed by atoms with E-state index in [1.54, 1.807) is 35.2 Å². The maximum absolute atomic E-state index is 12.5. The molecule has 0 aliphatic carbocycles. The maximum atomic E-state index is 12.5. The number of esters is 1. The average molecular weight is 558 g/mol. The van der Waals surface area contributed by atoms with Gasteiger partial charge in [-0.2, -0.15) is 0 Å². The number of aliphatic hydroxyl groups excluding tert-OH is 1. The van der Waals surface area contributed by atoms with Crippen molar-refractivity contribution in [2.24, 2.45) is 5.92 Å². The summed E-state index contributed by atoms with van der Waals surface area (Å²) in [4.78, 5) is 23.7. The van der Waals surface area contributed by atoms with Gasteiger partial charge in [-0.15, -0.1) is 10.2 Å². The van der Waals surface area contributed by atoms with E-state index in [0.717, 1.165) is 26.0 Å². The molecule has 2 N–H and O–H groups in total. The van der Waals surface area contributed by atoms with E-state index in [9.17, 15) is 14.7 Å². The smallest absolute Gasteiger partial charge is 0.303 e. The molecule has 0 radical (unpaired) electrons. The monoisotopic (exact) mass is 557 g/mol.